The Hall–Kier alpha value is -2.02. The van der Waals surface area contributed by atoms with Crippen LogP contribution in [0.5, 0.6) is 11.5 Å². The lowest BCUT2D eigenvalue weighted by Gasteiger charge is -2.11. The quantitative estimate of drug-likeness (QED) is 0.577. The lowest BCUT2D eigenvalue weighted by atomic mass is 10.1. The molecule has 0 fully saturated rings. The molecule has 0 aliphatic carbocycles. The highest BCUT2D eigenvalue weighted by Gasteiger charge is 2.16. The van der Waals surface area contributed by atoms with E-state index in [-0.39, 0.29) is 17.6 Å². The molecule has 2 rings (SSSR count). The van der Waals surface area contributed by atoms with Gasteiger partial charge in [-0.2, -0.15) is 0 Å². The second-order valence-corrected chi connectivity index (χ2v) is 5.84. The summed E-state index contributed by atoms with van der Waals surface area (Å²) in [6.07, 6.45) is 1.67. The number of Topliss-reactive ketones (excluding diaryl/α,β-unsaturated/α-hetero) is 1. The van der Waals surface area contributed by atoms with Gasteiger partial charge in [-0.25, -0.2) is 0 Å². The fourth-order valence-electron chi connectivity index (χ4n) is 1.93. The minimum atomic E-state index is -0.0252. The van der Waals surface area contributed by atoms with Crippen molar-refractivity contribution in [1.82, 2.24) is 14.8 Å². The van der Waals surface area contributed by atoms with E-state index in [4.69, 9.17) is 9.47 Å². The molecule has 1 aromatic carbocycles. The van der Waals surface area contributed by atoms with Crippen molar-refractivity contribution in [2.24, 2.45) is 0 Å². The summed E-state index contributed by atoms with van der Waals surface area (Å²) in [6, 6.07) is 5.42. The van der Waals surface area contributed by atoms with Gasteiger partial charge in [-0.15, -0.1) is 10.2 Å². The number of ketones is 1. The molecule has 0 aliphatic heterocycles. The van der Waals surface area contributed by atoms with Crippen molar-refractivity contribution in [3.63, 3.8) is 0 Å². The lowest BCUT2D eigenvalue weighted by molar-refractivity contribution is 0.101. The Labute approximate surface area is 133 Å². The highest BCUT2D eigenvalue weighted by molar-refractivity contribution is 7.99. The second-order valence-electron chi connectivity index (χ2n) is 4.89. The molecule has 0 aliphatic rings. The maximum Gasteiger partial charge on any atom is 0.191 e. The van der Waals surface area contributed by atoms with Gasteiger partial charge in [-0.05, 0) is 26.0 Å². The van der Waals surface area contributed by atoms with Crippen molar-refractivity contribution in [1.29, 1.82) is 0 Å². The van der Waals surface area contributed by atoms with Crippen molar-refractivity contribution in [2.75, 3.05) is 20.0 Å². The third-order valence-corrected chi connectivity index (χ3v) is 4.10. The number of nitrogens with zero attached hydrogens (tertiary/aromatic N) is 3. The van der Waals surface area contributed by atoms with E-state index in [1.165, 1.54) is 18.9 Å². The average molecular weight is 321 g/mol. The third kappa shape index (κ3) is 3.59. The molecule has 0 amide bonds. The van der Waals surface area contributed by atoms with Crippen LogP contribution in [0.15, 0.2) is 29.7 Å². The van der Waals surface area contributed by atoms with E-state index in [2.05, 4.69) is 10.2 Å². The molecule has 22 heavy (non-hydrogen) atoms. The minimum Gasteiger partial charge on any atom is -0.497 e. The van der Waals surface area contributed by atoms with Crippen LogP contribution in [0, 0.1) is 0 Å². The molecule has 6 nitrogen and oxygen atoms in total. The first-order valence-electron chi connectivity index (χ1n) is 6.84. The summed E-state index contributed by atoms with van der Waals surface area (Å²) >= 11 is 1.37. The molecule has 0 spiro atoms. The first kappa shape index (κ1) is 16.4. The zero-order valence-corrected chi connectivity index (χ0v) is 13.9. The summed E-state index contributed by atoms with van der Waals surface area (Å²) in [5.41, 5.74) is 0.534. The number of benzene rings is 1. The third-order valence-electron chi connectivity index (χ3n) is 3.14. The van der Waals surface area contributed by atoms with Crippen molar-refractivity contribution in [3.8, 4) is 11.5 Å². The Morgan fingerprint density at radius 2 is 2.09 bits per heavy atom. The molecular weight excluding hydrogens is 302 g/mol. The number of hydrogen-bond donors (Lipinski definition) is 0. The molecule has 0 atom stereocenters. The first-order valence-corrected chi connectivity index (χ1v) is 7.83. The summed E-state index contributed by atoms with van der Waals surface area (Å²) < 4.78 is 12.3. The van der Waals surface area contributed by atoms with E-state index in [0.29, 0.717) is 17.1 Å². The normalized spacial score (nSPS) is 10.8. The topological polar surface area (TPSA) is 66.2 Å². The van der Waals surface area contributed by atoms with Crippen LogP contribution in [-0.4, -0.2) is 40.5 Å². The molecule has 1 heterocycles. The Bertz CT molecular complexity index is 655. The average Bonchev–Trinajstić information content (AvgIpc) is 3.00. The Kier molecular flexibility index (Phi) is 5.43. The van der Waals surface area contributed by atoms with E-state index in [0.717, 1.165) is 5.16 Å². The fourth-order valence-corrected chi connectivity index (χ4v) is 2.85. The summed E-state index contributed by atoms with van der Waals surface area (Å²) in [4.78, 5) is 12.4. The van der Waals surface area contributed by atoms with Crippen molar-refractivity contribution in [2.45, 2.75) is 25.0 Å². The van der Waals surface area contributed by atoms with Gasteiger partial charge >= 0.3 is 0 Å². The van der Waals surface area contributed by atoms with Crippen molar-refractivity contribution >= 4 is 17.5 Å². The first-order chi connectivity index (χ1) is 10.6. The van der Waals surface area contributed by atoms with Gasteiger partial charge in [-0.3, -0.25) is 4.79 Å². The van der Waals surface area contributed by atoms with Gasteiger partial charge in [0.05, 0.1) is 25.5 Å². The predicted octanol–water partition coefficient (Wildman–Crippen LogP) is 2.85. The predicted molar refractivity (Wildman–Crippen MR) is 85.0 cm³/mol. The number of methoxy groups -OCH3 is 2. The maximum absolute atomic E-state index is 12.4. The van der Waals surface area contributed by atoms with Gasteiger partial charge < -0.3 is 14.0 Å². The maximum atomic E-state index is 12.4. The highest BCUT2D eigenvalue weighted by atomic mass is 32.2. The summed E-state index contributed by atoms with van der Waals surface area (Å²) in [5.74, 6) is 1.41. The van der Waals surface area contributed by atoms with Crippen LogP contribution in [0.1, 0.15) is 30.2 Å². The van der Waals surface area contributed by atoms with E-state index in [1.54, 1.807) is 31.6 Å². The highest BCUT2D eigenvalue weighted by Crippen LogP contribution is 2.27. The fraction of sp³-hybridized carbons (Fsp3) is 0.400. The molecule has 0 N–H and O–H groups in total. The molecule has 0 saturated carbocycles. The number of rotatable bonds is 7. The number of aromatic nitrogens is 3. The van der Waals surface area contributed by atoms with Crippen LogP contribution in [0.2, 0.25) is 0 Å². The molecule has 1 aromatic heterocycles. The summed E-state index contributed by atoms with van der Waals surface area (Å²) in [6.45, 7) is 4.09. The van der Waals surface area contributed by atoms with Crippen LogP contribution in [0.4, 0.5) is 0 Å². The zero-order chi connectivity index (χ0) is 16.1. The van der Waals surface area contributed by atoms with Crippen LogP contribution >= 0.6 is 11.8 Å². The van der Waals surface area contributed by atoms with E-state index < -0.39 is 0 Å². The SMILES string of the molecule is COc1ccc(C(=O)CSc2nncn2C(C)C)c(OC)c1. The van der Waals surface area contributed by atoms with Crippen LogP contribution in [-0.2, 0) is 0 Å². The zero-order valence-electron chi connectivity index (χ0n) is 13.1. The van der Waals surface area contributed by atoms with E-state index >= 15 is 0 Å². The Morgan fingerprint density at radius 1 is 1.32 bits per heavy atom. The molecule has 2 aromatic rings. The number of thioether (sulfide) groups is 1. The van der Waals surface area contributed by atoms with Gasteiger partial charge in [0, 0.05) is 12.1 Å². The molecule has 0 saturated heterocycles. The standard InChI is InChI=1S/C15H19N3O3S/c1-10(2)18-9-16-17-15(18)22-8-13(19)12-6-5-11(20-3)7-14(12)21-4/h5-7,9-10H,8H2,1-4H3. The van der Waals surface area contributed by atoms with Crippen molar-refractivity contribution < 1.29 is 14.3 Å². The van der Waals surface area contributed by atoms with Crippen LogP contribution in [0.3, 0.4) is 0 Å². The smallest absolute Gasteiger partial charge is 0.191 e. The van der Waals surface area contributed by atoms with Crippen LogP contribution < -0.4 is 9.47 Å². The van der Waals surface area contributed by atoms with Gasteiger partial charge in [0.2, 0.25) is 0 Å². The monoisotopic (exact) mass is 321 g/mol. The molecular formula is C15H19N3O3S. The molecule has 0 unspecified atom stereocenters. The summed E-state index contributed by atoms with van der Waals surface area (Å²) in [5, 5.41) is 8.67. The van der Waals surface area contributed by atoms with Gasteiger partial charge in [0.25, 0.3) is 0 Å². The van der Waals surface area contributed by atoms with Crippen LogP contribution in [0.25, 0.3) is 0 Å². The second kappa shape index (κ2) is 7.31. The largest absolute Gasteiger partial charge is 0.497 e. The number of ether oxygens (including phenoxy) is 2. The molecule has 0 radical (unpaired) electrons. The number of carbonyl (C=O) groups is 1. The van der Waals surface area contributed by atoms with Crippen molar-refractivity contribution in [3.05, 3.63) is 30.1 Å². The summed E-state index contributed by atoms with van der Waals surface area (Å²) in [7, 11) is 3.11. The molecule has 7 heteroatoms. The van der Waals surface area contributed by atoms with Gasteiger partial charge in [0.1, 0.15) is 17.8 Å². The van der Waals surface area contributed by atoms with Gasteiger partial charge in [0.15, 0.2) is 10.9 Å². The van der Waals surface area contributed by atoms with E-state index in [1.807, 2.05) is 18.4 Å². The van der Waals surface area contributed by atoms with Gasteiger partial charge in [-0.1, -0.05) is 11.8 Å². The van der Waals surface area contributed by atoms with E-state index in [9.17, 15) is 4.79 Å². The molecule has 118 valence electrons. The number of hydrogen-bond acceptors (Lipinski definition) is 6. The molecule has 0 bridgehead atoms. The Morgan fingerprint density at radius 3 is 2.73 bits per heavy atom. The minimum absolute atomic E-state index is 0.0252. The Balaban J connectivity index is 2.11. The number of carbonyl (C=O) groups excluding carboxylic acids is 1. The lowest BCUT2D eigenvalue weighted by Crippen LogP contribution is -2.07.